The summed E-state index contributed by atoms with van der Waals surface area (Å²) in [6, 6.07) is 22.9. The van der Waals surface area contributed by atoms with Gasteiger partial charge in [-0.15, -0.1) is 0 Å². The van der Waals surface area contributed by atoms with Crippen LogP contribution in [0.15, 0.2) is 97.5 Å². The normalized spacial score (nSPS) is 16.4. The van der Waals surface area contributed by atoms with Crippen LogP contribution in [0.25, 0.3) is 11.3 Å². The molecule has 2 saturated heterocycles. The van der Waals surface area contributed by atoms with E-state index in [1.807, 2.05) is 72.5 Å². The molecule has 0 spiro atoms. The number of rotatable bonds is 16. The Balaban J connectivity index is 0.724. The lowest BCUT2D eigenvalue weighted by Gasteiger charge is -2.35. The Morgan fingerprint density at radius 2 is 1.64 bits per heavy atom. The van der Waals surface area contributed by atoms with E-state index in [-0.39, 0.29) is 35.8 Å². The van der Waals surface area contributed by atoms with Crippen molar-refractivity contribution in [1.82, 2.24) is 35.0 Å². The number of piperidine rings is 1. The number of nitrogens with zero attached hydrogens (tertiary/aromatic N) is 6. The molecule has 3 aliphatic heterocycles. The molecule has 64 heavy (non-hydrogen) atoms. The fourth-order valence-electron chi connectivity index (χ4n) is 8.23. The van der Waals surface area contributed by atoms with Crippen molar-refractivity contribution in [2.24, 2.45) is 0 Å². The Labute approximate surface area is 370 Å². The highest BCUT2D eigenvalue weighted by Crippen LogP contribution is 2.33. The second kappa shape index (κ2) is 19.8. The van der Waals surface area contributed by atoms with Gasteiger partial charge in [-0.05, 0) is 91.9 Å². The van der Waals surface area contributed by atoms with Crippen LogP contribution in [-0.2, 0) is 20.9 Å². The summed E-state index contributed by atoms with van der Waals surface area (Å²) in [5.41, 5.74) is 6.69. The molecule has 1 unspecified atom stereocenters. The van der Waals surface area contributed by atoms with E-state index in [1.54, 1.807) is 36.8 Å². The van der Waals surface area contributed by atoms with Crippen LogP contribution >= 0.6 is 0 Å². The van der Waals surface area contributed by atoms with Crippen LogP contribution in [0.4, 0.5) is 23.0 Å². The Hall–Kier alpha value is -7.33. The third kappa shape index (κ3) is 10.1. The van der Waals surface area contributed by atoms with Crippen LogP contribution in [0.3, 0.4) is 0 Å². The molecule has 328 valence electrons. The van der Waals surface area contributed by atoms with Gasteiger partial charge in [0.25, 0.3) is 17.7 Å². The van der Waals surface area contributed by atoms with E-state index in [4.69, 9.17) is 0 Å². The Morgan fingerprint density at radius 1 is 0.828 bits per heavy atom. The van der Waals surface area contributed by atoms with Crippen molar-refractivity contribution in [1.29, 1.82) is 0 Å². The minimum absolute atomic E-state index is 0.0688. The zero-order valence-corrected chi connectivity index (χ0v) is 35.6. The third-order valence-electron chi connectivity index (χ3n) is 11.8. The number of piperazine rings is 1. The van der Waals surface area contributed by atoms with E-state index in [0.29, 0.717) is 48.9 Å². The van der Waals surface area contributed by atoms with E-state index in [0.717, 1.165) is 78.3 Å². The number of carbonyl (C=O) groups excluding carboxylic acids is 6. The average Bonchev–Trinajstić information content (AvgIpc) is 3.56. The van der Waals surface area contributed by atoms with E-state index >= 15 is 0 Å². The summed E-state index contributed by atoms with van der Waals surface area (Å²) in [4.78, 5) is 95.1. The molecule has 2 fully saturated rings. The summed E-state index contributed by atoms with van der Waals surface area (Å²) in [6.07, 6.45) is 9.20. The number of imide groups is 2. The number of fused-ring (bicyclic) bond motifs is 1. The van der Waals surface area contributed by atoms with Crippen LogP contribution in [0, 0.1) is 6.92 Å². The van der Waals surface area contributed by atoms with Crippen LogP contribution in [0.1, 0.15) is 87.1 Å². The number of aryl methyl sites for hydroxylation is 1. The van der Waals surface area contributed by atoms with Crippen molar-refractivity contribution >= 4 is 58.5 Å². The molecule has 8 rings (SSSR count). The summed E-state index contributed by atoms with van der Waals surface area (Å²) >= 11 is 0. The van der Waals surface area contributed by atoms with Crippen LogP contribution in [-0.4, -0.2) is 104 Å². The molecule has 6 amide bonds. The maximum atomic E-state index is 13.3. The second-order valence-corrected chi connectivity index (χ2v) is 16.2. The van der Waals surface area contributed by atoms with Gasteiger partial charge in [0.2, 0.25) is 23.7 Å². The Morgan fingerprint density at radius 3 is 2.42 bits per heavy atom. The van der Waals surface area contributed by atoms with Gasteiger partial charge in [-0.1, -0.05) is 37.1 Å². The number of carbonyl (C=O) groups is 6. The summed E-state index contributed by atoms with van der Waals surface area (Å²) in [6.45, 7) is 6.15. The molecule has 3 aliphatic rings. The molecule has 0 saturated carbocycles. The quantitative estimate of drug-likeness (QED) is 0.0673. The number of benzene rings is 3. The highest BCUT2D eigenvalue weighted by atomic mass is 16.2. The van der Waals surface area contributed by atoms with Crippen LogP contribution < -0.4 is 21.3 Å². The topological polar surface area (TPSA) is 199 Å². The summed E-state index contributed by atoms with van der Waals surface area (Å²) < 4.78 is 0. The Bertz CT molecular complexity index is 2560. The van der Waals surface area contributed by atoms with Crippen molar-refractivity contribution in [2.45, 2.75) is 64.5 Å². The first-order valence-electron chi connectivity index (χ1n) is 21.7. The minimum Gasteiger partial charge on any atom is -0.384 e. The highest BCUT2D eigenvalue weighted by Gasteiger charge is 2.45. The molecular formula is C48H50N10O6. The van der Waals surface area contributed by atoms with Gasteiger partial charge in [0.1, 0.15) is 6.04 Å². The minimum atomic E-state index is -1.01. The largest absolute Gasteiger partial charge is 0.384 e. The van der Waals surface area contributed by atoms with E-state index in [1.165, 1.54) is 0 Å². The smallest absolute Gasteiger partial charge is 0.264 e. The molecule has 2 aromatic heterocycles. The maximum Gasteiger partial charge on any atom is 0.264 e. The molecule has 0 radical (unpaired) electrons. The van der Waals surface area contributed by atoms with Gasteiger partial charge in [-0.25, -0.2) is 9.97 Å². The number of hydrogen-bond acceptors (Lipinski definition) is 12. The predicted octanol–water partition coefficient (Wildman–Crippen LogP) is 5.95. The summed E-state index contributed by atoms with van der Waals surface area (Å²) in [5, 5.41) is 11.8. The predicted molar refractivity (Wildman–Crippen MR) is 241 cm³/mol. The van der Waals surface area contributed by atoms with Crippen LogP contribution in [0.2, 0.25) is 0 Å². The lowest BCUT2D eigenvalue weighted by atomic mass is 10.0. The van der Waals surface area contributed by atoms with Gasteiger partial charge < -0.3 is 20.9 Å². The van der Waals surface area contributed by atoms with Gasteiger partial charge in [0, 0.05) is 98.9 Å². The zero-order chi connectivity index (χ0) is 44.6. The van der Waals surface area contributed by atoms with E-state index in [2.05, 4.69) is 41.1 Å². The van der Waals surface area contributed by atoms with E-state index < -0.39 is 29.7 Å². The highest BCUT2D eigenvalue weighted by molar-refractivity contribution is 6.25. The first kappa shape index (κ1) is 43.3. The van der Waals surface area contributed by atoms with E-state index in [9.17, 15) is 28.8 Å². The van der Waals surface area contributed by atoms with Gasteiger partial charge >= 0.3 is 0 Å². The molecule has 16 heteroatoms. The number of amides is 6. The number of hydrogen-bond donors (Lipinski definition) is 4. The van der Waals surface area contributed by atoms with Crippen LogP contribution in [0.5, 0.6) is 0 Å². The molecular weight excluding hydrogens is 813 g/mol. The van der Waals surface area contributed by atoms with Crippen molar-refractivity contribution < 1.29 is 28.8 Å². The summed E-state index contributed by atoms with van der Waals surface area (Å²) in [7, 11) is 0. The van der Waals surface area contributed by atoms with Crippen molar-refractivity contribution in [3.05, 3.63) is 125 Å². The lowest BCUT2D eigenvalue weighted by Crippen LogP contribution is -2.54. The lowest BCUT2D eigenvalue weighted by molar-refractivity contribution is -0.136. The second-order valence-electron chi connectivity index (χ2n) is 16.2. The monoisotopic (exact) mass is 862 g/mol. The van der Waals surface area contributed by atoms with Crippen molar-refractivity contribution in [3.8, 4) is 11.3 Å². The molecule has 5 heterocycles. The molecule has 0 bridgehead atoms. The third-order valence-corrected chi connectivity index (χ3v) is 11.8. The molecule has 0 aliphatic carbocycles. The fraction of sp³-hybridized carbons (Fsp3) is 0.312. The average molecular weight is 863 g/mol. The molecule has 5 aromatic rings. The number of anilines is 4. The summed E-state index contributed by atoms with van der Waals surface area (Å²) in [5.74, 6) is -1.72. The fourth-order valence-corrected chi connectivity index (χ4v) is 8.23. The van der Waals surface area contributed by atoms with Crippen molar-refractivity contribution in [2.75, 3.05) is 48.7 Å². The first-order valence-corrected chi connectivity index (χ1v) is 21.7. The number of aromatic nitrogens is 3. The maximum absolute atomic E-state index is 13.3. The van der Waals surface area contributed by atoms with Gasteiger partial charge in [0.15, 0.2) is 0 Å². The standard InChI is InChI=1S/C48H50N10O6/c1-31-12-17-35(28-39(31)54-48-51-23-20-37(53-48)34-8-7-21-49-29-34)52-44(61)33-15-13-32(14-16-33)30-56-24-26-57(27-25-56)42(60)11-4-2-3-5-22-50-38-10-6-9-36-43(38)47(64)58(46(36)63)40-18-19-41(59)55-45(40)62/h6-10,12-17,20-21,23,28-29,40,50H,2-5,11,18-19,22,24-27,30H2,1H3,(H,52,61)(H,51,53,54)(H,55,59,62). The molecule has 4 N–H and O–H groups in total. The van der Waals surface area contributed by atoms with Gasteiger partial charge in [-0.2, -0.15) is 0 Å². The number of nitrogens with one attached hydrogen (secondary N) is 4. The van der Waals surface area contributed by atoms with Crippen molar-refractivity contribution in [3.63, 3.8) is 0 Å². The SMILES string of the molecule is Cc1ccc(NC(=O)c2ccc(CN3CCN(C(=O)CCCCCCNc4cccc5c4C(=O)N(C4CCC(=O)NC4=O)C5=O)CC3)cc2)cc1Nc1nccc(-c2cccnc2)n1. The zero-order valence-electron chi connectivity index (χ0n) is 35.6. The number of unbranched alkanes of at least 4 members (excludes halogenated alkanes) is 3. The number of pyridine rings is 1. The molecule has 1 atom stereocenters. The van der Waals surface area contributed by atoms with Gasteiger partial charge in [-0.3, -0.25) is 48.9 Å². The molecule has 3 aromatic carbocycles. The Kier molecular flexibility index (Phi) is 13.4. The molecule has 16 nitrogen and oxygen atoms in total. The first-order chi connectivity index (χ1) is 31.1. The van der Waals surface area contributed by atoms with Gasteiger partial charge in [0.05, 0.1) is 16.8 Å².